The highest BCUT2D eigenvalue weighted by molar-refractivity contribution is 6.16. The predicted molar refractivity (Wildman–Crippen MR) is 51.1 cm³/mol. The molecule has 0 fully saturated rings. The van der Waals surface area contributed by atoms with Crippen LogP contribution in [-0.4, -0.2) is 11.1 Å². The van der Waals surface area contributed by atoms with Crippen LogP contribution in [0.1, 0.15) is 32.4 Å². The molecule has 0 spiro atoms. The Morgan fingerprint density at radius 1 is 1.69 bits per heavy atom. The first-order valence-electron chi connectivity index (χ1n) is 4.43. The Balaban J connectivity index is 2.44. The molecule has 1 unspecified atom stereocenters. The van der Waals surface area contributed by atoms with Gasteiger partial charge in [0, 0.05) is 0 Å². The second-order valence-electron chi connectivity index (χ2n) is 2.96. The molecular weight excluding hydrogens is 190 g/mol. The lowest BCUT2D eigenvalue weighted by atomic mass is 10.2. The highest BCUT2D eigenvalue weighted by Gasteiger charge is 2.08. The molecule has 1 aromatic heterocycles. The van der Waals surface area contributed by atoms with E-state index in [0.29, 0.717) is 17.7 Å². The van der Waals surface area contributed by atoms with Gasteiger partial charge in [0.2, 0.25) is 0 Å². The highest BCUT2D eigenvalue weighted by Crippen LogP contribution is 2.14. The average molecular weight is 204 g/mol. The molecule has 13 heavy (non-hydrogen) atoms. The molecule has 4 heteroatoms. The van der Waals surface area contributed by atoms with Crippen LogP contribution in [0.5, 0.6) is 6.08 Å². The van der Waals surface area contributed by atoms with Crippen molar-refractivity contribution in [3.05, 3.63) is 12.0 Å². The lowest BCUT2D eigenvalue weighted by Gasteiger charge is -2.08. The van der Waals surface area contributed by atoms with Crippen molar-refractivity contribution in [2.75, 3.05) is 0 Å². The molecule has 1 atom stereocenters. The largest absolute Gasteiger partial charge is 0.447 e. The van der Waals surface area contributed by atoms with Crippen molar-refractivity contribution in [3.8, 4) is 6.08 Å². The smallest absolute Gasteiger partial charge is 0.393 e. The second-order valence-corrected chi connectivity index (χ2v) is 3.22. The number of oxazole rings is 1. The number of hydrogen-bond acceptors (Lipinski definition) is 3. The zero-order valence-corrected chi connectivity index (χ0v) is 8.67. The summed E-state index contributed by atoms with van der Waals surface area (Å²) in [5, 5.41) is 0. The zero-order valence-electron chi connectivity index (χ0n) is 7.92. The third-order valence-electron chi connectivity index (χ3n) is 1.66. The van der Waals surface area contributed by atoms with Crippen LogP contribution >= 0.6 is 11.6 Å². The third kappa shape index (κ3) is 3.27. The van der Waals surface area contributed by atoms with Gasteiger partial charge < -0.3 is 9.15 Å². The van der Waals surface area contributed by atoms with Crippen molar-refractivity contribution in [1.82, 2.24) is 4.98 Å². The Morgan fingerprint density at radius 3 is 3.00 bits per heavy atom. The maximum absolute atomic E-state index is 5.56. The number of hydrogen-bond donors (Lipinski definition) is 0. The van der Waals surface area contributed by atoms with Gasteiger partial charge in [0.15, 0.2) is 0 Å². The van der Waals surface area contributed by atoms with Crippen LogP contribution < -0.4 is 4.74 Å². The van der Waals surface area contributed by atoms with Gasteiger partial charge in [0.05, 0.1) is 11.6 Å². The maximum Gasteiger partial charge on any atom is 0.393 e. The number of alkyl halides is 1. The number of halogens is 1. The van der Waals surface area contributed by atoms with Crippen molar-refractivity contribution in [2.45, 2.75) is 38.7 Å². The summed E-state index contributed by atoms with van der Waals surface area (Å²) in [6.45, 7) is 4.10. The lowest BCUT2D eigenvalue weighted by Crippen LogP contribution is -2.11. The second kappa shape index (κ2) is 5.12. The summed E-state index contributed by atoms with van der Waals surface area (Å²) >= 11 is 5.56. The quantitative estimate of drug-likeness (QED) is 0.691. The van der Waals surface area contributed by atoms with Crippen LogP contribution in [0.25, 0.3) is 0 Å². The van der Waals surface area contributed by atoms with E-state index in [0.717, 1.165) is 12.8 Å². The lowest BCUT2D eigenvalue weighted by molar-refractivity contribution is 0.153. The predicted octanol–water partition coefficient (Wildman–Crippen LogP) is 2.98. The SMILES string of the molecule is CCCC(C)Oc1nc(CCl)co1. The molecule has 0 aromatic carbocycles. The first-order valence-corrected chi connectivity index (χ1v) is 4.96. The summed E-state index contributed by atoms with van der Waals surface area (Å²) in [4.78, 5) is 4.03. The van der Waals surface area contributed by atoms with E-state index in [9.17, 15) is 0 Å². The van der Waals surface area contributed by atoms with Crippen LogP contribution in [0.4, 0.5) is 0 Å². The minimum absolute atomic E-state index is 0.145. The monoisotopic (exact) mass is 203 g/mol. The molecule has 1 rings (SSSR count). The Morgan fingerprint density at radius 2 is 2.46 bits per heavy atom. The number of ether oxygens (including phenoxy) is 1. The van der Waals surface area contributed by atoms with Gasteiger partial charge in [-0.05, 0) is 13.3 Å². The Kier molecular flexibility index (Phi) is 4.09. The summed E-state index contributed by atoms with van der Waals surface area (Å²) in [6.07, 6.45) is 4.06. The molecule has 1 aromatic rings. The number of rotatable bonds is 5. The minimum Gasteiger partial charge on any atom is -0.447 e. The summed E-state index contributed by atoms with van der Waals surface area (Å²) in [7, 11) is 0. The first-order chi connectivity index (χ1) is 6.26. The minimum atomic E-state index is 0.145. The van der Waals surface area contributed by atoms with E-state index in [1.165, 1.54) is 6.26 Å². The van der Waals surface area contributed by atoms with Gasteiger partial charge in [-0.3, -0.25) is 0 Å². The molecule has 0 N–H and O–H groups in total. The van der Waals surface area contributed by atoms with Gasteiger partial charge in [-0.2, -0.15) is 4.98 Å². The highest BCUT2D eigenvalue weighted by atomic mass is 35.5. The van der Waals surface area contributed by atoms with Crippen LogP contribution in [-0.2, 0) is 5.88 Å². The molecule has 0 radical (unpaired) electrons. The van der Waals surface area contributed by atoms with Gasteiger partial charge >= 0.3 is 6.08 Å². The summed E-state index contributed by atoms with van der Waals surface area (Å²) < 4.78 is 10.5. The molecule has 1 heterocycles. The van der Waals surface area contributed by atoms with E-state index >= 15 is 0 Å². The molecule has 0 aliphatic carbocycles. The summed E-state index contributed by atoms with van der Waals surface area (Å²) in [5.41, 5.74) is 0.709. The third-order valence-corrected chi connectivity index (χ3v) is 1.94. The van der Waals surface area contributed by atoms with E-state index in [-0.39, 0.29) is 6.10 Å². The maximum atomic E-state index is 5.56. The van der Waals surface area contributed by atoms with Crippen molar-refractivity contribution >= 4 is 11.6 Å². The van der Waals surface area contributed by atoms with Gasteiger partial charge in [0.1, 0.15) is 12.4 Å². The van der Waals surface area contributed by atoms with Crippen molar-refractivity contribution in [2.24, 2.45) is 0 Å². The normalized spacial score (nSPS) is 12.8. The fraction of sp³-hybridized carbons (Fsp3) is 0.667. The van der Waals surface area contributed by atoms with Crippen LogP contribution in [0.15, 0.2) is 10.7 Å². The van der Waals surface area contributed by atoms with Crippen LogP contribution in [0.2, 0.25) is 0 Å². The van der Waals surface area contributed by atoms with Gasteiger partial charge in [-0.25, -0.2) is 0 Å². The van der Waals surface area contributed by atoms with Crippen LogP contribution in [0, 0.1) is 0 Å². The zero-order chi connectivity index (χ0) is 9.68. The number of aromatic nitrogens is 1. The topological polar surface area (TPSA) is 35.3 Å². The molecule has 0 amide bonds. The molecule has 0 saturated heterocycles. The first kappa shape index (κ1) is 10.4. The fourth-order valence-corrected chi connectivity index (χ4v) is 1.16. The van der Waals surface area contributed by atoms with E-state index in [1.54, 1.807) is 0 Å². The summed E-state index contributed by atoms with van der Waals surface area (Å²) in [6, 6.07) is 0. The van der Waals surface area contributed by atoms with Crippen molar-refractivity contribution in [3.63, 3.8) is 0 Å². The Hall–Kier alpha value is -0.700. The van der Waals surface area contributed by atoms with E-state index < -0.39 is 0 Å². The summed E-state index contributed by atoms with van der Waals surface area (Å²) in [5.74, 6) is 0.356. The van der Waals surface area contributed by atoms with Crippen molar-refractivity contribution in [1.29, 1.82) is 0 Å². The molecule has 0 aliphatic heterocycles. The van der Waals surface area contributed by atoms with Gasteiger partial charge in [-0.15, -0.1) is 11.6 Å². The Labute approximate surface area is 83.1 Å². The van der Waals surface area contributed by atoms with E-state index in [1.807, 2.05) is 6.92 Å². The average Bonchev–Trinajstić information content (AvgIpc) is 2.52. The molecule has 3 nitrogen and oxygen atoms in total. The molecule has 0 bridgehead atoms. The van der Waals surface area contributed by atoms with E-state index in [4.69, 9.17) is 20.8 Å². The molecule has 74 valence electrons. The van der Waals surface area contributed by atoms with Gasteiger partial charge in [-0.1, -0.05) is 13.3 Å². The Bertz CT molecular complexity index is 250. The standard InChI is InChI=1S/C9H14ClNO2/c1-3-4-7(2)13-9-11-8(5-10)6-12-9/h6-7H,3-5H2,1-2H3. The number of nitrogens with zero attached hydrogens (tertiary/aromatic N) is 1. The van der Waals surface area contributed by atoms with E-state index in [2.05, 4.69) is 11.9 Å². The van der Waals surface area contributed by atoms with Crippen LogP contribution in [0.3, 0.4) is 0 Å². The molecule has 0 saturated carbocycles. The fourth-order valence-electron chi connectivity index (χ4n) is 1.04. The van der Waals surface area contributed by atoms with Gasteiger partial charge in [0.25, 0.3) is 0 Å². The molecular formula is C9H14ClNO2. The molecule has 0 aliphatic rings. The van der Waals surface area contributed by atoms with Crippen molar-refractivity contribution < 1.29 is 9.15 Å².